The second-order valence-electron chi connectivity index (χ2n) is 7.87. The SMILES string of the molecule is CCOc1ccc(CCC(=O)N2CCCCC2c2ncc(-c3cccc(F)c3)[nH]2)cc1. The van der Waals surface area contributed by atoms with Gasteiger partial charge in [-0.2, -0.15) is 0 Å². The van der Waals surface area contributed by atoms with E-state index in [1.54, 1.807) is 12.3 Å². The summed E-state index contributed by atoms with van der Waals surface area (Å²) in [5.74, 6) is 1.48. The van der Waals surface area contributed by atoms with Crippen molar-refractivity contribution in [1.29, 1.82) is 0 Å². The Kier molecular flexibility index (Phi) is 6.65. The van der Waals surface area contributed by atoms with Gasteiger partial charge < -0.3 is 14.6 Å². The number of carbonyl (C=O) groups is 1. The Morgan fingerprint density at radius 3 is 2.84 bits per heavy atom. The molecule has 2 heterocycles. The maximum Gasteiger partial charge on any atom is 0.223 e. The van der Waals surface area contributed by atoms with E-state index in [0.717, 1.165) is 54.2 Å². The highest BCUT2D eigenvalue weighted by Crippen LogP contribution is 2.31. The van der Waals surface area contributed by atoms with Crippen LogP contribution in [0.2, 0.25) is 0 Å². The summed E-state index contributed by atoms with van der Waals surface area (Å²) in [5, 5.41) is 0. The van der Waals surface area contributed by atoms with Crippen LogP contribution in [-0.2, 0) is 11.2 Å². The average Bonchev–Trinajstić information content (AvgIpc) is 3.29. The summed E-state index contributed by atoms with van der Waals surface area (Å²) in [6.07, 6.45) is 5.82. The summed E-state index contributed by atoms with van der Waals surface area (Å²) in [5.41, 5.74) is 2.64. The van der Waals surface area contributed by atoms with Crippen LogP contribution in [0.4, 0.5) is 4.39 Å². The minimum Gasteiger partial charge on any atom is -0.494 e. The summed E-state index contributed by atoms with van der Waals surface area (Å²) < 4.78 is 19.1. The maximum atomic E-state index is 13.6. The molecule has 3 aromatic rings. The Labute approximate surface area is 182 Å². The molecule has 1 aromatic heterocycles. The average molecular weight is 422 g/mol. The van der Waals surface area contributed by atoms with Gasteiger partial charge in [0.25, 0.3) is 0 Å². The van der Waals surface area contributed by atoms with Gasteiger partial charge in [-0.15, -0.1) is 0 Å². The first-order valence-corrected chi connectivity index (χ1v) is 11.0. The van der Waals surface area contributed by atoms with Crippen LogP contribution in [0.1, 0.15) is 50.0 Å². The van der Waals surface area contributed by atoms with Crippen LogP contribution >= 0.6 is 0 Å². The summed E-state index contributed by atoms with van der Waals surface area (Å²) in [4.78, 5) is 22.9. The van der Waals surface area contributed by atoms with Crippen molar-refractivity contribution in [3.8, 4) is 17.0 Å². The maximum absolute atomic E-state index is 13.6. The number of carbonyl (C=O) groups excluding carboxylic acids is 1. The van der Waals surface area contributed by atoms with E-state index < -0.39 is 0 Å². The zero-order valence-corrected chi connectivity index (χ0v) is 17.8. The minimum absolute atomic E-state index is 0.0658. The smallest absolute Gasteiger partial charge is 0.223 e. The first kappa shape index (κ1) is 21.1. The quantitative estimate of drug-likeness (QED) is 0.563. The summed E-state index contributed by atoms with van der Waals surface area (Å²) in [7, 11) is 0. The fourth-order valence-corrected chi connectivity index (χ4v) is 4.14. The third kappa shape index (κ3) is 5.13. The normalized spacial score (nSPS) is 16.3. The van der Waals surface area contributed by atoms with Crippen LogP contribution in [0.5, 0.6) is 5.75 Å². The summed E-state index contributed by atoms with van der Waals surface area (Å²) >= 11 is 0. The second kappa shape index (κ2) is 9.77. The Morgan fingerprint density at radius 2 is 2.06 bits per heavy atom. The topological polar surface area (TPSA) is 58.2 Å². The Morgan fingerprint density at radius 1 is 1.23 bits per heavy atom. The zero-order chi connectivity index (χ0) is 21.6. The van der Waals surface area contributed by atoms with E-state index in [1.165, 1.54) is 12.1 Å². The van der Waals surface area contributed by atoms with Crippen molar-refractivity contribution in [3.63, 3.8) is 0 Å². The van der Waals surface area contributed by atoms with Crippen molar-refractivity contribution in [1.82, 2.24) is 14.9 Å². The van der Waals surface area contributed by atoms with Crippen molar-refractivity contribution < 1.29 is 13.9 Å². The van der Waals surface area contributed by atoms with Gasteiger partial charge in [0.15, 0.2) is 0 Å². The fraction of sp³-hybridized carbons (Fsp3) is 0.360. The molecule has 162 valence electrons. The van der Waals surface area contributed by atoms with Crippen LogP contribution in [-0.4, -0.2) is 33.9 Å². The monoisotopic (exact) mass is 421 g/mol. The number of hydrogen-bond donors (Lipinski definition) is 1. The molecule has 4 rings (SSSR count). The van der Waals surface area contributed by atoms with Gasteiger partial charge in [0, 0.05) is 18.5 Å². The highest BCUT2D eigenvalue weighted by molar-refractivity contribution is 5.77. The summed E-state index contributed by atoms with van der Waals surface area (Å²) in [6.45, 7) is 3.34. The van der Waals surface area contributed by atoms with Gasteiger partial charge in [0.05, 0.1) is 24.5 Å². The van der Waals surface area contributed by atoms with Crippen molar-refractivity contribution in [2.45, 2.75) is 45.1 Å². The van der Waals surface area contributed by atoms with Crippen LogP contribution in [0.25, 0.3) is 11.3 Å². The molecular weight excluding hydrogens is 393 g/mol. The van der Waals surface area contributed by atoms with E-state index in [9.17, 15) is 9.18 Å². The van der Waals surface area contributed by atoms with E-state index >= 15 is 0 Å². The molecule has 1 aliphatic rings. The van der Waals surface area contributed by atoms with Crippen LogP contribution < -0.4 is 4.74 Å². The standard InChI is InChI=1S/C25H28FN3O2/c1-2-31-21-12-9-18(10-13-21)11-14-24(30)29-15-4-3-8-23(29)25-27-17-22(28-25)19-6-5-7-20(26)16-19/h5-7,9-10,12-13,16-17,23H,2-4,8,11,14-15H2,1H3,(H,27,28). The predicted molar refractivity (Wildman–Crippen MR) is 118 cm³/mol. The zero-order valence-electron chi connectivity index (χ0n) is 17.8. The van der Waals surface area contributed by atoms with Gasteiger partial charge in [-0.25, -0.2) is 9.37 Å². The Hall–Kier alpha value is -3.15. The molecule has 1 atom stereocenters. The Balaban J connectivity index is 1.43. The molecule has 0 radical (unpaired) electrons. The molecule has 1 saturated heterocycles. The van der Waals surface area contributed by atoms with Gasteiger partial charge in [-0.3, -0.25) is 4.79 Å². The number of nitrogens with zero attached hydrogens (tertiary/aromatic N) is 2. The first-order valence-electron chi connectivity index (χ1n) is 11.0. The fourth-order valence-electron chi connectivity index (χ4n) is 4.14. The number of piperidine rings is 1. The molecule has 1 N–H and O–H groups in total. The number of aryl methyl sites for hydroxylation is 1. The van der Waals surface area contributed by atoms with Gasteiger partial charge in [0.2, 0.25) is 5.91 Å². The lowest BCUT2D eigenvalue weighted by Gasteiger charge is -2.34. The second-order valence-corrected chi connectivity index (χ2v) is 7.87. The molecule has 1 amide bonds. The lowest BCUT2D eigenvalue weighted by Crippen LogP contribution is -2.39. The van der Waals surface area contributed by atoms with Gasteiger partial charge >= 0.3 is 0 Å². The molecule has 0 aliphatic carbocycles. The number of aromatic nitrogens is 2. The molecule has 31 heavy (non-hydrogen) atoms. The van der Waals surface area contributed by atoms with Crippen LogP contribution in [0.15, 0.2) is 54.7 Å². The largest absolute Gasteiger partial charge is 0.494 e. The number of H-pyrrole nitrogens is 1. The number of halogens is 1. The third-order valence-corrected chi connectivity index (χ3v) is 5.73. The first-order chi connectivity index (χ1) is 15.1. The molecular formula is C25H28FN3O2. The van der Waals surface area contributed by atoms with E-state index in [4.69, 9.17) is 4.74 Å². The van der Waals surface area contributed by atoms with Crippen LogP contribution in [0.3, 0.4) is 0 Å². The van der Waals surface area contributed by atoms with Crippen molar-refractivity contribution in [2.24, 2.45) is 0 Å². The van der Waals surface area contributed by atoms with Gasteiger partial charge in [-0.1, -0.05) is 24.3 Å². The highest BCUT2D eigenvalue weighted by atomic mass is 19.1. The van der Waals surface area contributed by atoms with Crippen molar-refractivity contribution in [3.05, 3.63) is 71.9 Å². The number of hydrogen-bond acceptors (Lipinski definition) is 3. The molecule has 1 unspecified atom stereocenters. The molecule has 0 bridgehead atoms. The number of amides is 1. The lowest BCUT2D eigenvalue weighted by molar-refractivity contribution is -0.135. The highest BCUT2D eigenvalue weighted by Gasteiger charge is 2.29. The van der Waals surface area contributed by atoms with Gasteiger partial charge in [-0.05, 0) is 62.4 Å². The molecule has 1 fully saturated rings. The van der Waals surface area contributed by atoms with E-state index in [-0.39, 0.29) is 17.8 Å². The number of nitrogens with one attached hydrogen (secondary N) is 1. The van der Waals surface area contributed by atoms with Crippen LogP contribution in [0, 0.1) is 5.82 Å². The number of imidazole rings is 1. The number of aromatic amines is 1. The molecule has 0 saturated carbocycles. The molecule has 6 heteroatoms. The van der Waals surface area contributed by atoms with E-state index in [1.807, 2.05) is 42.2 Å². The lowest BCUT2D eigenvalue weighted by atomic mass is 10.00. The molecule has 5 nitrogen and oxygen atoms in total. The van der Waals surface area contributed by atoms with Crippen molar-refractivity contribution >= 4 is 5.91 Å². The number of rotatable bonds is 7. The third-order valence-electron chi connectivity index (χ3n) is 5.73. The Bertz CT molecular complexity index is 1020. The van der Waals surface area contributed by atoms with Gasteiger partial charge in [0.1, 0.15) is 17.4 Å². The number of ether oxygens (including phenoxy) is 1. The molecule has 2 aromatic carbocycles. The van der Waals surface area contributed by atoms with Crippen molar-refractivity contribution in [2.75, 3.05) is 13.2 Å². The molecule has 0 spiro atoms. The summed E-state index contributed by atoms with van der Waals surface area (Å²) in [6, 6.07) is 14.3. The minimum atomic E-state index is -0.280. The predicted octanol–water partition coefficient (Wildman–Crippen LogP) is 5.30. The van der Waals surface area contributed by atoms with E-state index in [0.29, 0.717) is 19.4 Å². The molecule has 1 aliphatic heterocycles. The van der Waals surface area contributed by atoms with E-state index in [2.05, 4.69) is 9.97 Å². The number of benzene rings is 2. The number of likely N-dealkylation sites (tertiary alicyclic amines) is 1.